The second-order valence-corrected chi connectivity index (χ2v) is 9.84. The summed E-state index contributed by atoms with van der Waals surface area (Å²) in [6, 6.07) is 10.9. The Bertz CT molecular complexity index is 969. The summed E-state index contributed by atoms with van der Waals surface area (Å²) in [7, 11) is -3.60. The number of carbonyl (C=O) groups is 1. The lowest BCUT2D eigenvalue weighted by atomic mass is 10.0. The van der Waals surface area contributed by atoms with E-state index in [-0.39, 0.29) is 37.0 Å². The van der Waals surface area contributed by atoms with Gasteiger partial charge in [-0.25, -0.2) is 12.8 Å². The maximum atomic E-state index is 13.2. The fourth-order valence-electron chi connectivity index (χ4n) is 3.14. The van der Waals surface area contributed by atoms with Crippen molar-refractivity contribution in [2.75, 3.05) is 26.2 Å². The number of sulfonamides is 1. The van der Waals surface area contributed by atoms with Crippen LogP contribution >= 0.6 is 15.9 Å². The van der Waals surface area contributed by atoms with Crippen LogP contribution in [0.15, 0.2) is 51.8 Å². The molecule has 5 nitrogen and oxygen atoms in total. The Hall–Kier alpha value is -1.77. The van der Waals surface area contributed by atoms with Gasteiger partial charge in [-0.1, -0.05) is 26.0 Å². The maximum Gasteiger partial charge on any atom is 0.255 e. The summed E-state index contributed by atoms with van der Waals surface area (Å²) >= 11 is 3.21. The first-order valence-corrected chi connectivity index (χ1v) is 11.3. The smallest absolute Gasteiger partial charge is 0.255 e. The fraction of sp³-hybridized carbons (Fsp3) is 0.350. The second kappa shape index (κ2) is 8.31. The lowest BCUT2D eigenvalue weighted by Gasteiger charge is -2.34. The molecule has 3 rings (SSSR count). The molecular weight excluding hydrogens is 447 g/mol. The van der Waals surface area contributed by atoms with Gasteiger partial charge in [-0.3, -0.25) is 4.79 Å². The van der Waals surface area contributed by atoms with E-state index in [2.05, 4.69) is 29.8 Å². The Morgan fingerprint density at radius 3 is 2.18 bits per heavy atom. The summed E-state index contributed by atoms with van der Waals surface area (Å²) in [5.74, 6) is -0.342. The first-order valence-electron chi connectivity index (χ1n) is 9.04. The normalized spacial score (nSPS) is 15.8. The van der Waals surface area contributed by atoms with Crippen molar-refractivity contribution in [3.8, 4) is 0 Å². The molecule has 150 valence electrons. The molecule has 2 aromatic carbocycles. The Labute approximate surface area is 173 Å². The third kappa shape index (κ3) is 4.29. The zero-order valence-electron chi connectivity index (χ0n) is 15.7. The highest BCUT2D eigenvalue weighted by atomic mass is 79.9. The lowest BCUT2D eigenvalue weighted by Crippen LogP contribution is -2.50. The molecule has 28 heavy (non-hydrogen) atoms. The van der Waals surface area contributed by atoms with E-state index >= 15 is 0 Å². The van der Waals surface area contributed by atoms with Gasteiger partial charge in [0.15, 0.2) is 0 Å². The highest BCUT2D eigenvalue weighted by molar-refractivity contribution is 9.10. The van der Waals surface area contributed by atoms with Crippen molar-refractivity contribution in [2.24, 2.45) is 0 Å². The van der Waals surface area contributed by atoms with E-state index in [1.807, 2.05) is 12.1 Å². The Balaban J connectivity index is 1.69. The van der Waals surface area contributed by atoms with Gasteiger partial charge >= 0.3 is 0 Å². The SMILES string of the molecule is CC(C)c1ccc(S(=O)(=O)N2CCN(C(=O)c3ccc(F)cc3Br)CC2)cc1. The van der Waals surface area contributed by atoms with E-state index < -0.39 is 15.8 Å². The molecule has 0 N–H and O–H groups in total. The van der Waals surface area contributed by atoms with Crippen molar-refractivity contribution >= 4 is 31.9 Å². The number of nitrogens with zero attached hydrogens (tertiary/aromatic N) is 2. The molecule has 0 spiro atoms. The minimum Gasteiger partial charge on any atom is -0.336 e. The first-order chi connectivity index (χ1) is 13.2. The number of piperazine rings is 1. The van der Waals surface area contributed by atoms with Crippen molar-refractivity contribution in [2.45, 2.75) is 24.7 Å². The van der Waals surface area contributed by atoms with Gasteiger partial charge < -0.3 is 4.90 Å². The van der Waals surface area contributed by atoms with Gasteiger partial charge in [0.05, 0.1) is 10.5 Å². The third-order valence-electron chi connectivity index (χ3n) is 4.87. The Morgan fingerprint density at radius 1 is 1.04 bits per heavy atom. The van der Waals surface area contributed by atoms with Gasteiger partial charge in [0.25, 0.3) is 5.91 Å². The molecule has 0 aromatic heterocycles. The van der Waals surface area contributed by atoms with Gasteiger partial charge in [0, 0.05) is 30.7 Å². The van der Waals surface area contributed by atoms with Crippen molar-refractivity contribution in [3.05, 3.63) is 63.9 Å². The van der Waals surface area contributed by atoms with Crippen LogP contribution in [0.3, 0.4) is 0 Å². The van der Waals surface area contributed by atoms with Crippen LogP contribution < -0.4 is 0 Å². The van der Waals surface area contributed by atoms with Crippen molar-refractivity contribution < 1.29 is 17.6 Å². The van der Waals surface area contributed by atoms with Crippen LogP contribution in [0.25, 0.3) is 0 Å². The van der Waals surface area contributed by atoms with Crippen LogP contribution in [0.2, 0.25) is 0 Å². The maximum absolute atomic E-state index is 13.2. The monoisotopic (exact) mass is 468 g/mol. The molecule has 0 aliphatic carbocycles. The standard InChI is InChI=1S/C20H22BrFN2O3S/c1-14(2)15-3-6-17(7-4-15)28(26,27)24-11-9-23(10-12-24)20(25)18-8-5-16(22)13-19(18)21/h3-8,13-14H,9-12H2,1-2H3. The summed E-state index contributed by atoms with van der Waals surface area (Å²) in [6.45, 7) is 5.12. The van der Waals surface area contributed by atoms with Crippen LogP contribution in [0.4, 0.5) is 4.39 Å². The van der Waals surface area contributed by atoms with Gasteiger partial charge in [0.2, 0.25) is 10.0 Å². The van der Waals surface area contributed by atoms with E-state index in [1.165, 1.54) is 22.5 Å². The predicted octanol–water partition coefficient (Wildman–Crippen LogP) is 3.86. The van der Waals surface area contributed by atoms with E-state index in [1.54, 1.807) is 17.0 Å². The number of hydrogen-bond acceptors (Lipinski definition) is 3. The highest BCUT2D eigenvalue weighted by Crippen LogP contribution is 2.23. The largest absolute Gasteiger partial charge is 0.336 e. The number of amides is 1. The fourth-order valence-corrected chi connectivity index (χ4v) is 5.08. The molecule has 0 unspecified atom stereocenters. The minimum atomic E-state index is -3.60. The molecule has 1 amide bonds. The molecule has 2 aromatic rings. The minimum absolute atomic E-state index is 0.221. The molecule has 1 aliphatic rings. The van der Waals surface area contributed by atoms with Gasteiger partial charge in [-0.05, 0) is 57.7 Å². The van der Waals surface area contributed by atoms with E-state index in [0.717, 1.165) is 5.56 Å². The molecule has 1 saturated heterocycles. The van der Waals surface area contributed by atoms with Crippen LogP contribution in [0.5, 0.6) is 0 Å². The summed E-state index contributed by atoms with van der Waals surface area (Å²) in [6.07, 6.45) is 0. The topological polar surface area (TPSA) is 57.7 Å². The quantitative estimate of drug-likeness (QED) is 0.684. The average molecular weight is 469 g/mol. The molecule has 1 heterocycles. The zero-order valence-corrected chi connectivity index (χ0v) is 18.1. The van der Waals surface area contributed by atoms with Gasteiger partial charge in [0.1, 0.15) is 5.82 Å². The first kappa shape index (κ1) is 21.0. The zero-order chi connectivity index (χ0) is 20.5. The number of benzene rings is 2. The van der Waals surface area contributed by atoms with Gasteiger partial charge in [-0.2, -0.15) is 4.31 Å². The molecule has 8 heteroatoms. The molecular formula is C20H22BrFN2O3S. The number of hydrogen-bond donors (Lipinski definition) is 0. The van der Waals surface area contributed by atoms with Crippen LogP contribution in [0.1, 0.15) is 35.7 Å². The molecule has 0 atom stereocenters. The van der Waals surface area contributed by atoms with Crippen molar-refractivity contribution in [1.29, 1.82) is 0 Å². The number of carbonyl (C=O) groups excluding carboxylic acids is 1. The summed E-state index contributed by atoms with van der Waals surface area (Å²) in [4.78, 5) is 14.5. The van der Waals surface area contributed by atoms with E-state index in [9.17, 15) is 17.6 Å². The summed E-state index contributed by atoms with van der Waals surface area (Å²) < 4.78 is 40.8. The average Bonchev–Trinajstić information content (AvgIpc) is 2.67. The van der Waals surface area contributed by atoms with Crippen molar-refractivity contribution in [3.63, 3.8) is 0 Å². The molecule has 0 radical (unpaired) electrons. The van der Waals surface area contributed by atoms with Gasteiger partial charge in [-0.15, -0.1) is 0 Å². The molecule has 1 fully saturated rings. The molecule has 1 aliphatic heterocycles. The molecule has 0 saturated carbocycles. The third-order valence-corrected chi connectivity index (χ3v) is 7.44. The Kier molecular flexibility index (Phi) is 6.21. The number of halogens is 2. The van der Waals surface area contributed by atoms with E-state index in [4.69, 9.17) is 0 Å². The Morgan fingerprint density at radius 2 is 1.64 bits per heavy atom. The van der Waals surface area contributed by atoms with Crippen LogP contribution in [-0.4, -0.2) is 49.7 Å². The number of rotatable bonds is 4. The van der Waals surface area contributed by atoms with Crippen LogP contribution in [-0.2, 0) is 10.0 Å². The summed E-state index contributed by atoms with van der Waals surface area (Å²) in [5, 5.41) is 0. The highest BCUT2D eigenvalue weighted by Gasteiger charge is 2.31. The molecule has 0 bridgehead atoms. The van der Waals surface area contributed by atoms with E-state index in [0.29, 0.717) is 16.0 Å². The lowest BCUT2D eigenvalue weighted by molar-refractivity contribution is 0.0697. The van der Waals surface area contributed by atoms with Crippen molar-refractivity contribution in [1.82, 2.24) is 9.21 Å². The van der Waals surface area contributed by atoms with Crippen LogP contribution in [0, 0.1) is 5.82 Å². The second-order valence-electron chi connectivity index (χ2n) is 7.04. The summed E-state index contributed by atoms with van der Waals surface area (Å²) in [5.41, 5.74) is 1.45. The predicted molar refractivity (Wildman–Crippen MR) is 109 cm³/mol.